The molecule has 0 aliphatic rings. The highest BCUT2D eigenvalue weighted by atomic mass is 16.5. The lowest BCUT2D eigenvalue weighted by atomic mass is 10.0. The van der Waals surface area contributed by atoms with Crippen molar-refractivity contribution in [2.75, 3.05) is 32.8 Å². The lowest BCUT2D eigenvalue weighted by Gasteiger charge is -2.16. The molecule has 178 valence electrons. The van der Waals surface area contributed by atoms with Crippen LogP contribution in [-0.2, 0) is 20.8 Å². The van der Waals surface area contributed by atoms with Gasteiger partial charge < -0.3 is 31.7 Å². The van der Waals surface area contributed by atoms with Crippen LogP contribution in [0.15, 0.2) is 18.2 Å². The molecule has 1 aromatic rings. The summed E-state index contributed by atoms with van der Waals surface area (Å²) in [6, 6.07) is 4.80. The largest absolute Gasteiger partial charge is 0.492 e. The lowest BCUT2D eigenvalue weighted by Crippen LogP contribution is -2.43. The van der Waals surface area contributed by atoms with Gasteiger partial charge in [-0.1, -0.05) is 13.3 Å². The average Bonchev–Trinajstić information content (AvgIpc) is 2.76. The highest BCUT2D eigenvalue weighted by Gasteiger charge is 2.15. The van der Waals surface area contributed by atoms with Crippen molar-refractivity contribution in [2.24, 2.45) is 5.73 Å². The van der Waals surface area contributed by atoms with E-state index in [-0.39, 0.29) is 24.2 Å². The SMILES string of the molecule is CCCC(NC=O)C(=O)NCCCc1cc(C(=N)N)ccc1OCCNCC(=O)NCC. The van der Waals surface area contributed by atoms with Crippen molar-refractivity contribution in [2.45, 2.75) is 45.6 Å². The molecule has 1 rings (SSSR count). The molecular formula is C22H36N6O4. The monoisotopic (exact) mass is 448 g/mol. The highest BCUT2D eigenvalue weighted by molar-refractivity contribution is 5.95. The van der Waals surface area contributed by atoms with Crippen LogP contribution in [0.25, 0.3) is 0 Å². The summed E-state index contributed by atoms with van der Waals surface area (Å²) in [5, 5.41) is 18.8. The van der Waals surface area contributed by atoms with E-state index in [9.17, 15) is 14.4 Å². The van der Waals surface area contributed by atoms with E-state index in [1.54, 1.807) is 12.1 Å². The number of benzene rings is 1. The Morgan fingerprint density at radius 3 is 2.66 bits per heavy atom. The number of nitrogens with one attached hydrogen (secondary N) is 5. The van der Waals surface area contributed by atoms with Gasteiger partial charge in [0.25, 0.3) is 0 Å². The van der Waals surface area contributed by atoms with E-state index in [4.69, 9.17) is 15.9 Å². The molecule has 0 bridgehead atoms. The number of nitrogens with two attached hydrogens (primary N) is 1. The molecule has 32 heavy (non-hydrogen) atoms. The molecule has 1 unspecified atom stereocenters. The summed E-state index contributed by atoms with van der Waals surface area (Å²) in [6.45, 7) is 5.96. The van der Waals surface area contributed by atoms with Crippen LogP contribution in [0.5, 0.6) is 5.75 Å². The van der Waals surface area contributed by atoms with Gasteiger partial charge in [-0.25, -0.2) is 0 Å². The Morgan fingerprint density at radius 1 is 1.22 bits per heavy atom. The van der Waals surface area contributed by atoms with E-state index in [1.165, 1.54) is 0 Å². The number of carbonyl (C=O) groups is 3. The Morgan fingerprint density at radius 2 is 2.00 bits per heavy atom. The van der Waals surface area contributed by atoms with Gasteiger partial charge in [-0.3, -0.25) is 19.8 Å². The van der Waals surface area contributed by atoms with Crippen molar-refractivity contribution in [3.05, 3.63) is 29.3 Å². The van der Waals surface area contributed by atoms with Gasteiger partial charge in [0, 0.05) is 25.2 Å². The summed E-state index contributed by atoms with van der Waals surface area (Å²) in [5.41, 5.74) is 7.09. The summed E-state index contributed by atoms with van der Waals surface area (Å²) in [4.78, 5) is 34.3. The van der Waals surface area contributed by atoms with Crippen molar-refractivity contribution < 1.29 is 19.1 Å². The van der Waals surface area contributed by atoms with Crippen molar-refractivity contribution in [3.8, 4) is 5.75 Å². The Hall–Kier alpha value is -3.14. The minimum Gasteiger partial charge on any atom is -0.492 e. The molecule has 0 fully saturated rings. The van der Waals surface area contributed by atoms with Crippen LogP contribution in [0, 0.1) is 5.41 Å². The van der Waals surface area contributed by atoms with Crippen molar-refractivity contribution in [1.29, 1.82) is 5.41 Å². The summed E-state index contributed by atoms with van der Waals surface area (Å²) in [7, 11) is 0. The predicted molar refractivity (Wildman–Crippen MR) is 124 cm³/mol. The molecule has 0 saturated heterocycles. The van der Waals surface area contributed by atoms with Gasteiger partial charge in [0.05, 0.1) is 6.54 Å². The molecule has 0 saturated carbocycles. The van der Waals surface area contributed by atoms with Gasteiger partial charge >= 0.3 is 0 Å². The van der Waals surface area contributed by atoms with Gasteiger partial charge in [-0.15, -0.1) is 0 Å². The van der Waals surface area contributed by atoms with Crippen molar-refractivity contribution in [3.63, 3.8) is 0 Å². The number of ether oxygens (including phenoxy) is 1. The molecular weight excluding hydrogens is 412 g/mol. The number of hydrogen-bond donors (Lipinski definition) is 6. The van der Waals surface area contributed by atoms with Crippen molar-refractivity contribution >= 4 is 24.1 Å². The fraction of sp³-hybridized carbons (Fsp3) is 0.545. The fourth-order valence-corrected chi connectivity index (χ4v) is 3.05. The van der Waals surface area contributed by atoms with Gasteiger partial charge in [-0.05, 0) is 49.9 Å². The second kappa shape index (κ2) is 15.6. The number of likely N-dealkylation sites (N-methyl/N-ethyl adjacent to an activating group) is 1. The highest BCUT2D eigenvalue weighted by Crippen LogP contribution is 2.21. The van der Waals surface area contributed by atoms with Gasteiger partial charge in [0.1, 0.15) is 24.2 Å². The molecule has 1 atom stereocenters. The normalized spacial score (nSPS) is 11.3. The molecule has 0 aromatic heterocycles. The summed E-state index contributed by atoms with van der Waals surface area (Å²) >= 11 is 0. The summed E-state index contributed by atoms with van der Waals surface area (Å²) in [6.07, 6.45) is 3.18. The molecule has 3 amide bonds. The van der Waals surface area contributed by atoms with Gasteiger partial charge in [0.15, 0.2) is 0 Å². The van der Waals surface area contributed by atoms with E-state index in [1.807, 2.05) is 19.9 Å². The van der Waals surface area contributed by atoms with Crippen LogP contribution < -0.4 is 31.7 Å². The van der Waals surface area contributed by atoms with Gasteiger partial charge in [-0.2, -0.15) is 0 Å². The molecule has 0 spiro atoms. The number of hydrogen-bond acceptors (Lipinski definition) is 6. The maximum Gasteiger partial charge on any atom is 0.242 e. The minimum absolute atomic E-state index is 0.0305. The van der Waals surface area contributed by atoms with Crippen LogP contribution in [0.2, 0.25) is 0 Å². The van der Waals surface area contributed by atoms with Crippen LogP contribution in [0.1, 0.15) is 44.2 Å². The smallest absolute Gasteiger partial charge is 0.242 e. The first-order valence-corrected chi connectivity index (χ1v) is 11.0. The van der Waals surface area contributed by atoms with Gasteiger partial charge in [0.2, 0.25) is 18.2 Å². The van der Waals surface area contributed by atoms with Crippen LogP contribution >= 0.6 is 0 Å². The zero-order valence-corrected chi connectivity index (χ0v) is 19.0. The molecule has 0 radical (unpaired) electrons. The number of amides is 3. The lowest BCUT2D eigenvalue weighted by molar-refractivity contribution is -0.125. The van der Waals surface area contributed by atoms with E-state index < -0.39 is 6.04 Å². The summed E-state index contributed by atoms with van der Waals surface area (Å²) < 4.78 is 5.85. The quantitative estimate of drug-likeness (QED) is 0.0854. The Balaban J connectivity index is 2.58. The predicted octanol–water partition coefficient (Wildman–Crippen LogP) is 0.0387. The van der Waals surface area contributed by atoms with Crippen LogP contribution in [0.4, 0.5) is 0 Å². The molecule has 0 heterocycles. The third-order valence-electron chi connectivity index (χ3n) is 4.65. The van der Waals surface area contributed by atoms with E-state index in [2.05, 4.69) is 21.3 Å². The molecule has 0 aliphatic carbocycles. The zero-order valence-electron chi connectivity index (χ0n) is 19.0. The third-order valence-corrected chi connectivity index (χ3v) is 4.65. The molecule has 10 heteroatoms. The zero-order chi connectivity index (χ0) is 23.8. The maximum atomic E-state index is 12.2. The molecule has 1 aromatic carbocycles. The number of aryl methyl sites for hydroxylation is 1. The minimum atomic E-state index is -0.524. The first-order valence-electron chi connectivity index (χ1n) is 11.0. The summed E-state index contributed by atoms with van der Waals surface area (Å²) in [5.74, 6) is 0.376. The maximum absolute atomic E-state index is 12.2. The first-order chi connectivity index (χ1) is 15.4. The second-order valence-corrected chi connectivity index (χ2v) is 7.24. The fourth-order valence-electron chi connectivity index (χ4n) is 3.05. The Kier molecular flexibility index (Phi) is 13.1. The molecule has 0 aliphatic heterocycles. The third kappa shape index (κ3) is 10.3. The number of nitrogen functional groups attached to an aromatic ring is 1. The number of rotatable bonds is 17. The Labute approximate surface area is 189 Å². The van der Waals surface area contributed by atoms with Crippen LogP contribution in [0.3, 0.4) is 0 Å². The van der Waals surface area contributed by atoms with E-state index in [0.29, 0.717) is 63.2 Å². The number of amidine groups is 1. The van der Waals surface area contributed by atoms with E-state index in [0.717, 1.165) is 12.0 Å². The van der Waals surface area contributed by atoms with E-state index >= 15 is 0 Å². The Bertz CT molecular complexity index is 756. The standard InChI is InChI=1S/C22H36N6O4/c1-3-6-18(28-15-29)22(31)27-10-5-7-16-13-17(21(23)24)8-9-19(16)32-12-11-25-14-20(30)26-4-2/h8-9,13,15,18,25H,3-7,10-12,14H2,1-2H3,(H3,23,24)(H,26,30)(H,27,31)(H,28,29). The first kappa shape index (κ1) is 26.9. The second-order valence-electron chi connectivity index (χ2n) is 7.24. The average molecular weight is 449 g/mol. The van der Waals surface area contributed by atoms with Crippen molar-refractivity contribution in [1.82, 2.24) is 21.3 Å². The molecule has 10 nitrogen and oxygen atoms in total. The number of carbonyl (C=O) groups excluding carboxylic acids is 3. The van der Waals surface area contributed by atoms with Crippen LogP contribution in [-0.4, -0.2) is 62.9 Å². The topological polar surface area (TPSA) is 158 Å². The molecule has 7 N–H and O–H groups in total.